The molecule has 0 saturated heterocycles. The number of H-pyrrole nitrogens is 1. The summed E-state index contributed by atoms with van der Waals surface area (Å²) in [7, 11) is 4.00. The highest BCUT2D eigenvalue weighted by Gasteiger charge is 2.21. The van der Waals surface area contributed by atoms with Gasteiger partial charge in [0.05, 0.1) is 4.92 Å². The monoisotopic (exact) mass is 520 g/mol. The van der Waals surface area contributed by atoms with Gasteiger partial charge in [-0.1, -0.05) is 24.3 Å². The number of nitrogens with one attached hydrogen (secondary N) is 2. The van der Waals surface area contributed by atoms with Gasteiger partial charge in [-0.15, -0.1) is 36.2 Å². The van der Waals surface area contributed by atoms with Crippen LogP contribution in [0.25, 0.3) is 22.6 Å². The number of rotatable bonds is 7. The van der Waals surface area contributed by atoms with Crippen molar-refractivity contribution in [3.05, 3.63) is 81.5 Å². The first-order valence-electron chi connectivity index (χ1n) is 9.70. The number of carbonyl (C=O) groups is 1. The Balaban J connectivity index is 0.00000204. The lowest BCUT2D eigenvalue weighted by atomic mass is 10.1. The van der Waals surface area contributed by atoms with Crippen molar-refractivity contribution in [3.8, 4) is 22.6 Å². The van der Waals surface area contributed by atoms with Gasteiger partial charge in [0, 0.05) is 41.4 Å². The maximum atomic E-state index is 13.0. The third-order valence-electron chi connectivity index (χ3n) is 4.66. The van der Waals surface area contributed by atoms with Gasteiger partial charge in [-0.25, -0.2) is 9.97 Å². The molecule has 0 aliphatic carbocycles. The van der Waals surface area contributed by atoms with Crippen molar-refractivity contribution < 1.29 is 9.72 Å². The largest absolute Gasteiger partial charge is 0.333 e. The molecule has 4 rings (SSSR count). The van der Waals surface area contributed by atoms with Crippen LogP contribution in [0.15, 0.2) is 60.1 Å². The SMILES string of the molecule is CN(C)Cc1ccc(-c2nc(-c3ccc([N+](=O)[O-])cc3)[nH]c2C(=O)Nc2nccs2)cc1.Cl.Cl. The standard InChI is InChI=1S/C22H20N6O3S.2ClH/c1-27(2)13-14-3-5-15(6-4-14)18-19(21(29)26-22-23-11-12-32-22)25-20(24-18)16-7-9-17(10-8-16)28(30)31;;/h3-12H,13H2,1-2H3,(H,24,25)(H,23,26,29);2*1H. The molecular formula is C22H22Cl2N6O3S. The molecule has 0 bridgehead atoms. The fourth-order valence-corrected chi connectivity index (χ4v) is 3.73. The molecule has 34 heavy (non-hydrogen) atoms. The molecule has 4 aromatic rings. The van der Waals surface area contributed by atoms with Gasteiger partial charge in [0.25, 0.3) is 11.6 Å². The van der Waals surface area contributed by atoms with E-state index in [0.29, 0.717) is 22.2 Å². The zero-order chi connectivity index (χ0) is 22.7. The van der Waals surface area contributed by atoms with E-state index >= 15 is 0 Å². The minimum atomic E-state index is -0.459. The van der Waals surface area contributed by atoms with Crippen molar-refractivity contribution in [2.45, 2.75) is 6.54 Å². The van der Waals surface area contributed by atoms with Crippen molar-refractivity contribution in [1.29, 1.82) is 0 Å². The summed E-state index contributed by atoms with van der Waals surface area (Å²) in [5, 5.41) is 16.0. The van der Waals surface area contributed by atoms with Crippen LogP contribution in [0.5, 0.6) is 0 Å². The Labute approximate surface area is 212 Å². The summed E-state index contributed by atoms with van der Waals surface area (Å²) in [5.41, 5.74) is 3.31. The summed E-state index contributed by atoms with van der Waals surface area (Å²) in [6.07, 6.45) is 1.61. The number of imidazole rings is 1. The number of nitrogens with zero attached hydrogens (tertiary/aromatic N) is 4. The summed E-state index contributed by atoms with van der Waals surface area (Å²) in [6, 6.07) is 13.9. The zero-order valence-electron chi connectivity index (χ0n) is 18.2. The van der Waals surface area contributed by atoms with E-state index in [-0.39, 0.29) is 42.1 Å². The summed E-state index contributed by atoms with van der Waals surface area (Å²) >= 11 is 1.32. The average molecular weight is 521 g/mol. The molecule has 178 valence electrons. The summed E-state index contributed by atoms with van der Waals surface area (Å²) in [4.78, 5) is 37.4. The average Bonchev–Trinajstić information content (AvgIpc) is 3.44. The third kappa shape index (κ3) is 6.17. The minimum absolute atomic E-state index is 0. The number of hydrogen-bond acceptors (Lipinski definition) is 7. The molecular weight excluding hydrogens is 499 g/mol. The molecule has 0 unspecified atom stereocenters. The zero-order valence-corrected chi connectivity index (χ0v) is 20.7. The Morgan fingerprint density at radius 3 is 2.29 bits per heavy atom. The number of aromatic nitrogens is 3. The van der Waals surface area contributed by atoms with Crippen molar-refractivity contribution in [3.63, 3.8) is 0 Å². The lowest BCUT2D eigenvalue weighted by Crippen LogP contribution is -2.13. The lowest BCUT2D eigenvalue weighted by molar-refractivity contribution is -0.384. The van der Waals surface area contributed by atoms with Crippen LogP contribution < -0.4 is 5.32 Å². The number of thiazole rings is 1. The summed E-state index contributed by atoms with van der Waals surface area (Å²) in [6.45, 7) is 0.798. The highest BCUT2D eigenvalue weighted by Crippen LogP contribution is 2.28. The van der Waals surface area contributed by atoms with E-state index in [9.17, 15) is 14.9 Å². The second-order valence-corrected chi connectivity index (χ2v) is 8.23. The first-order valence-corrected chi connectivity index (χ1v) is 10.6. The Kier molecular flexibility index (Phi) is 9.28. The molecule has 0 atom stereocenters. The van der Waals surface area contributed by atoms with Crippen molar-refractivity contribution in [2.24, 2.45) is 0 Å². The van der Waals surface area contributed by atoms with Gasteiger partial charge in [-0.3, -0.25) is 20.2 Å². The maximum Gasteiger partial charge on any atom is 0.276 e. The molecule has 12 heteroatoms. The van der Waals surface area contributed by atoms with Gasteiger partial charge in [0.2, 0.25) is 0 Å². The normalized spacial score (nSPS) is 10.3. The van der Waals surface area contributed by atoms with Gasteiger partial charge in [0.1, 0.15) is 17.2 Å². The molecule has 9 nitrogen and oxygen atoms in total. The fraction of sp³-hybridized carbons (Fsp3) is 0.136. The topological polar surface area (TPSA) is 117 Å². The highest BCUT2D eigenvalue weighted by molar-refractivity contribution is 7.13. The Morgan fingerprint density at radius 1 is 1.09 bits per heavy atom. The van der Waals surface area contributed by atoms with Crippen LogP contribution in [-0.2, 0) is 6.54 Å². The molecule has 2 aromatic carbocycles. The van der Waals surface area contributed by atoms with E-state index in [2.05, 4.69) is 25.2 Å². The lowest BCUT2D eigenvalue weighted by Gasteiger charge is -2.10. The van der Waals surface area contributed by atoms with Gasteiger partial charge < -0.3 is 9.88 Å². The first-order chi connectivity index (χ1) is 15.4. The smallest absolute Gasteiger partial charge is 0.276 e. The Morgan fingerprint density at radius 2 is 1.74 bits per heavy atom. The number of nitro benzene ring substituents is 1. The van der Waals surface area contributed by atoms with Crippen LogP contribution in [0.3, 0.4) is 0 Å². The maximum absolute atomic E-state index is 13.0. The number of amides is 1. The van der Waals surface area contributed by atoms with E-state index in [1.807, 2.05) is 38.4 Å². The molecule has 2 aromatic heterocycles. The number of nitro groups is 1. The predicted molar refractivity (Wildman–Crippen MR) is 138 cm³/mol. The molecule has 2 heterocycles. The van der Waals surface area contributed by atoms with Crippen LogP contribution >= 0.6 is 36.2 Å². The van der Waals surface area contributed by atoms with Crippen molar-refractivity contribution >= 4 is 52.9 Å². The minimum Gasteiger partial charge on any atom is -0.333 e. The summed E-state index contributed by atoms with van der Waals surface area (Å²) in [5.74, 6) is 0.0736. The molecule has 1 amide bonds. The Bertz CT molecular complexity index is 1240. The van der Waals surface area contributed by atoms with Crippen LogP contribution in [0, 0.1) is 10.1 Å². The van der Waals surface area contributed by atoms with Gasteiger partial charge in [0.15, 0.2) is 5.13 Å². The number of carbonyl (C=O) groups excluding carboxylic acids is 1. The number of halogens is 2. The van der Waals surface area contributed by atoms with E-state index in [1.54, 1.807) is 23.7 Å². The van der Waals surface area contributed by atoms with Crippen LogP contribution in [0.1, 0.15) is 16.1 Å². The molecule has 0 fully saturated rings. The number of anilines is 1. The van der Waals surface area contributed by atoms with E-state index in [1.165, 1.54) is 23.5 Å². The highest BCUT2D eigenvalue weighted by atomic mass is 35.5. The summed E-state index contributed by atoms with van der Waals surface area (Å²) < 4.78 is 0. The Hall–Kier alpha value is -3.31. The van der Waals surface area contributed by atoms with Crippen LogP contribution in [0.2, 0.25) is 0 Å². The molecule has 0 spiro atoms. The second kappa shape index (κ2) is 11.7. The second-order valence-electron chi connectivity index (χ2n) is 7.34. The molecule has 0 aliphatic heterocycles. The van der Waals surface area contributed by atoms with Gasteiger partial charge in [-0.05, 0) is 31.8 Å². The van der Waals surface area contributed by atoms with E-state index < -0.39 is 4.92 Å². The fourth-order valence-electron chi connectivity index (χ4n) is 3.20. The quantitative estimate of drug-likeness (QED) is 0.253. The molecule has 0 aliphatic rings. The molecule has 0 radical (unpaired) electrons. The number of hydrogen-bond donors (Lipinski definition) is 2. The first kappa shape index (κ1) is 26.9. The number of aromatic amines is 1. The van der Waals surface area contributed by atoms with E-state index in [4.69, 9.17) is 0 Å². The number of benzene rings is 2. The predicted octanol–water partition coefficient (Wildman–Crippen LogP) is 5.27. The van der Waals surface area contributed by atoms with Crippen LogP contribution in [-0.4, -0.2) is 44.8 Å². The number of non-ortho nitro benzene ring substituents is 1. The third-order valence-corrected chi connectivity index (χ3v) is 5.35. The molecule has 0 saturated carbocycles. The molecule has 2 N–H and O–H groups in total. The van der Waals surface area contributed by atoms with Gasteiger partial charge in [-0.2, -0.15) is 0 Å². The van der Waals surface area contributed by atoms with E-state index in [0.717, 1.165) is 17.7 Å². The van der Waals surface area contributed by atoms with Crippen molar-refractivity contribution in [2.75, 3.05) is 19.4 Å². The van der Waals surface area contributed by atoms with Crippen LogP contribution in [0.4, 0.5) is 10.8 Å². The van der Waals surface area contributed by atoms with Gasteiger partial charge >= 0.3 is 0 Å². The van der Waals surface area contributed by atoms with Crippen molar-refractivity contribution in [1.82, 2.24) is 19.9 Å².